The van der Waals surface area contributed by atoms with Gasteiger partial charge in [-0.2, -0.15) is 0 Å². The number of benzene rings is 1. The number of para-hydroxylation sites is 1. The molecule has 3 N–H and O–H groups in total. The molecule has 0 unspecified atom stereocenters. The summed E-state index contributed by atoms with van der Waals surface area (Å²) < 4.78 is 11.1. The number of aliphatic carboxylic acids is 1. The number of nitrogens with two attached hydrogens (primary N) is 1. The highest BCUT2D eigenvalue weighted by molar-refractivity contribution is 5.77. The summed E-state index contributed by atoms with van der Waals surface area (Å²) in [6.07, 6.45) is 3.75. The average molecular weight is 308 g/mol. The van der Waals surface area contributed by atoms with Gasteiger partial charge in [0.1, 0.15) is 12.6 Å². The number of hydrogen-bond donors (Lipinski definition) is 2. The summed E-state index contributed by atoms with van der Waals surface area (Å²) in [7, 11) is 1.53. The first kappa shape index (κ1) is 16.6. The Labute approximate surface area is 130 Å². The van der Waals surface area contributed by atoms with Crippen molar-refractivity contribution in [3.05, 3.63) is 23.8 Å². The highest BCUT2D eigenvalue weighted by Crippen LogP contribution is 2.34. The maximum Gasteiger partial charge on any atom is 0.325 e. The van der Waals surface area contributed by atoms with Crippen LogP contribution in [0.2, 0.25) is 0 Å². The van der Waals surface area contributed by atoms with Gasteiger partial charge in [-0.05, 0) is 32.0 Å². The van der Waals surface area contributed by atoms with E-state index in [0.29, 0.717) is 23.7 Å². The van der Waals surface area contributed by atoms with Crippen molar-refractivity contribution < 1.29 is 19.4 Å². The number of piperidine rings is 1. The Bertz CT molecular complexity index is 501. The molecule has 2 rings (SSSR count). The second-order valence-electron chi connectivity index (χ2n) is 5.45. The van der Waals surface area contributed by atoms with Gasteiger partial charge in [0.05, 0.1) is 7.11 Å². The number of nitrogens with zero attached hydrogens (tertiary/aromatic N) is 1. The van der Waals surface area contributed by atoms with Crippen LogP contribution in [0.1, 0.15) is 30.9 Å². The minimum atomic E-state index is -1.12. The van der Waals surface area contributed by atoms with Crippen LogP contribution in [0, 0.1) is 0 Å². The summed E-state index contributed by atoms with van der Waals surface area (Å²) in [6, 6.07) is 4.00. The van der Waals surface area contributed by atoms with Gasteiger partial charge in [0.2, 0.25) is 0 Å². The second kappa shape index (κ2) is 8.00. The van der Waals surface area contributed by atoms with E-state index in [4.69, 9.17) is 20.3 Å². The molecule has 0 aliphatic carbocycles. The van der Waals surface area contributed by atoms with Crippen LogP contribution in [0.15, 0.2) is 18.2 Å². The summed E-state index contributed by atoms with van der Waals surface area (Å²) in [6.45, 7) is 3.49. The highest BCUT2D eigenvalue weighted by Gasteiger charge is 2.22. The van der Waals surface area contributed by atoms with Gasteiger partial charge >= 0.3 is 5.97 Å². The van der Waals surface area contributed by atoms with Crippen molar-refractivity contribution in [3.63, 3.8) is 0 Å². The Morgan fingerprint density at radius 1 is 1.36 bits per heavy atom. The molecule has 0 amide bonds. The first-order chi connectivity index (χ1) is 10.6. The summed E-state index contributed by atoms with van der Waals surface area (Å²) >= 11 is 0. The average Bonchev–Trinajstić information content (AvgIpc) is 2.55. The van der Waals surface area contributed by atoms with E-state index >= 15 is 0 Å². The molecule has 0 bridgehead atoms. The molecule has 0 aromatic heterocycles. The van der Waals surface area contributed by atoms with Crippen LogP contribution in [0.4, 0.5) is 0 Å². The third kappa shape index (κ3) is 4.11. The highest BCUT2D eigenvalue weighted by atomic mass is 16.5. The molecule has 1 saturated heterocycles. The molecule has 1 fully saturated rings. The van der Waals surface area contributed by atoms with E-state index in [0.717, 1.165) is 19.6 Å². The third-order valence-corrected chi connectivity index (χ3v) is 3.93. The van der Waals surface area contributed by atoms with Crippen LogP contribution >= 0.6 is 0 Å². The van der Waals surface area contributed by atoms with E-state index < -0.39 is 12.0 Å². The lowest BCUT2D eigenvalue weighted by Crippen LogP contribution is -2.33. The Morgan fingerprint density at radius 2 is 2.09 bits per heavy atom. The predicted molar refractivity (Wildman–Crippen MR) is 83.3 cm³/mol. The minimum Gasteiger partial charge on any atom is -0.493 e. The van der Waals surface area contributed by atoms with E-state index in [1.165, 1.54) is 26.4 Å². The third-order valence-electron chi connectivity index (χ3n) is 3.93. The number of rotatable bonds is 7. The molecule has 6 nitrogen and oxygen atoms in total. The number of carbonyl (C=O) groups is 1. The Balaban J connectivity index is 2.05. The maximum atomic E-state index is 11.1. The van der Waals surface area contributed by atoms with Crippen molar-refractivity contribution in [2.45, 2.75) is 25.3 Å². The standard InChI is InChI=1S/C16H24N2O4/c1-21-13-7-5-6-12(14(17)16(19)20)15(13)22-11-10-18-8-3-2-4-9-18/h5-7,14H,2-4,8-11,17H2,1H3,(H,19,20)/t14-/m0/s1. The zero-order chi connectivity index (χ0) is 15.9. The predicted octanol–water partition coefficient (Wildman–Crippen LogP) is 1.64. The quantitative estimate of drug-likeness (QED) is 0.796. The van der Waals surface area contributed by atoms with Gasteiger partial charge < -0.3 is 20.3 Å². The lowest BCUT2D eigenvalue weighted by molar-refractivity contribution is -0.138. The van der Waals surface area contributed by atoms with Crippen LogP contribution in [-0.2, 0) is 4.79 Å². The molecule has 22 heavy (non-hydrogen) atoms. The van der Waals surface area contributed by atoms with Gasteiger partial charge in [0.25, 0.3) is 0 Å². The lowest BCUT2D eigenvalue weighted by Gasteiger charge is -2.26. The first-order valence-corrected chi connectivity index (χ1v) is 7.64. The largest absolute Gasteiger partial charge is 0.493 e. The smallest absolute Gasteiger partial charge is 0.325 e. The van der Waals surface area contributed by atoms with Crippen LogP contribution < -0.4 is 15.2 Å². The Morgan fingerprint density at radius 3 is 2.73 bits per heavy atom. The van der Waals surface area contributed by atoms with Crippen LogP contribution in [0.5, 0.6) is 11.5 Å². The zero-order valence-corrected chi connectivity index (χ0v) is 13.0. The minimum absolute atomic E-state index is 0.428. The van der Waals surface area contributed by atoms with Crippen molar-refractivity contribution in [1.82, 2.24) is 4.90 Å². The Hall–Kier alpha value is -1.79. The van der Waals surface area contributed by atoms with E-state index in [9.17, 15) is 4.79 Å². The molecular weight excluding hydrogens is 284 g/mol. The molecular formula is C16H24N2O4. The van der Waals surface area contributed by atoms with Crippen molar-refractivity contribution in [1.29, 1.82) is 0 Å². The van der Waals surface area contributed by atoms with Crippen molar-refractivity contribution in [2.24, 2.45) is 5.73 Å². The fourth-order valence-corrected chi connectivity index (χ4v) is 2.69. The monoisotopic (exact) mass is 308 g/mol. The van der Waals surface area contributed by atoms with Crippen molar-refractivity contribution in [3.8, 4) is 11.5 Å². The maximum absolute atomic E-state index is 11.1. The Kier molecular flexibility index (Phi) is 6.03. The molecule has 1 aliphatic heterocycles. The van der Waals surface area contributed by atoms with Gasteiger partial charge in [-0.3, -0.25) is 9.69 Å². The summed E-state index contributed by atoms with van der Waals surface area (Å²) in [5, 5.41) is 9.12. The van der Waals surface area contributed by atoms with Gasteiger partial charge in [-0.1, -0.05) is 18.6 Å². The van der Waals surface area contributed by atoms with Gasteiger partial charge in [0, 0.05) is 12.1 Å². The lowest BCUT2D eigenvalue weighted by atomic mass is 10.1. The van der Waals surface area contributed by atoms with Crippen LogP contribution in [-0.4, -0.2) is 49.3 Å². The molecule has 6 heteroatoms. The molecule has 1 aromatic carbocycles. The van der Waals surface area contributed by atoms with E-state index in [1.54, 1.807) is 18.2 Å². The molecule has 0 radical (unpaired) electrons. The number of likely N-dealkylation sites (tertiary alicyclic amines) is 1. The summed E-state index contributed by atoms with van der Waals surface area (Å²) in [5.74, 6) is -0.154. The van der Waals surface area contributed by atoms with Gasteiger partial charge in [-0.15, -0.1) is 0 Å². The summed E-state index contributed by atoms with van der Waals surface area (Å²) in [5.41, 5.74) is 6.17. The van der Waals surface area contributed by atoms with Crippen LogP contribution in [0.25, 0.3) is 0 Å². The zero-order valence-electron chi connectivity index (χ0n) is 13.0. The number of methoxy groups -OCH3 is 1. The number of ether oxygens (including phenoxy) is 2. The second-order valence-corrected chi connectivity index (χ2v) is 5.45. The molecule has 0 saturated carbocycles. The molecule has 1 heterocycles. The SMILES string of the molecule is COc1cccc([C@H](N)C(=O)O)c1OCCN1CCCCC1. The fourth-order valence-electron chi connectivity index (χ4n) is 2.69. The molecule has 1 atom stereocenters. The van der Waals surface area contributed by atoms with E-state index in [2.05, 4.69) is 4.90 Å². The van der Waals surface area contributed by atoms with E-state index in [-0.39, 0.29) is 0 Å². The summed E-state index contributed by atoms with van der Waals surface area (Å²) in [4.78, 5) is 13.5. The molecule has 122 valence electrons. The molecule has 1 aliphatic rings. The van der Waals surface area contributed by atoms with Gasteiger partial charge in [0.15, 0.2) is 11.5 Å². The number of hydrogen-bond acceptors (Lipinski definition) is 5. The number of carboxylic acid groups (broad SMARTS) is 1. The number of carboxylic acids is 1. The fraction of sp³-hybridized carbons (Fsp3) is 0.562. The van der Waals surface area contributed by atoms with Crippen LogP contribution in [0.3, 0.4) is 0 Å². The first-order valence-electron chi connectivity index (χ1n) is 7.64. The van der Waals surface area contributed by atoms with Crippen molar-refractivity contribution >= 4 is 5.97 Å². The van der Waals surface area contributed by atoms with Crippen molar-refractivity contribution in [2.75, 3.05) is 33.4 Å². The van der Waals surface area contributed by atoms with E-state index in [1.807, 2.05) is 0 Å². The molecule has 0 spiro atoms. The molecule has 1 aromatic rings. The van der Waals surface area contributed by atoms with Gasteiger partial charge in [-0.25, -0.2) is 0 Å². The topological polar surface area (TPSA) is 85.0 Å². The normalized spacial score (nSPS) is 17.0.